The van der Waals surface area contributed by atoms with E-state index >= 15 is 0 Å². The van der Waals surface area contributed by atoms with Crippen molar-refractivity contribution in [3.63, 3.8) is 0 Å². The smallest absolute Gasteiger partial charge is 0.160 e. The molecule has 0 radical (unpaired) electrons. The van der Waals surface area contributed by atoms with Crippen LogP contribution in [0.2, 0.25) is 0 Å². The molecule has 1 atom stereocenters. The van der Waals surface area contributed by atoms with E-state index in [0.29, 0.717) is 18.2 Å². The quantitative estimate of drug-likeness (QED) is 0.771. The molecule has 128 valence electrons. The van der Waals surface area contributed by atoms with E-state index in [4.69, 9.17) is 9.47 Å². The first-order chi connectivity index (χ1) is 11.1. The fourth-order valence-electron chi connectivity index (χ4n) is 3.40. The Morgan fingerprint density at radius 1 is 1.17 bits per heavy atom. The van der Waals surface area contributed by atoms with Gasteiger partial charge in [0.1, 0.15) is 5.78 Å². The topological polar surface area (TPSA) is 38.8 Å². The molecule has 1 aromatic rings. The molecule has 0 aliphatic carbocycles. The fraction of sp³-hybridized carbons (Fsp3) is 0.632. The van der Waals surface area contributed by atoms with Crippen molar-refractivity contribution >= 4 is 5.78 Å². The van der Waals surface area contributed by atoms with Gasteiger partial charge in [-0.3, -0.25) is 9.69 Å². The molecule has 1 aromatic carbocycles. The first kappa shape index (κ1) is 17.8. The van der Waals surface area contributed by atoms with Crippen molar-refractivity contribution in [2.45, 2.75) is 51.5 Å². The molecule has 23 heavy (non-hydrogen) atoms. The Kier molecular flexibility index (Phi) is 6.90. The highest BCUT2D eigenvalue weighted by Crippen LogP contribution is 2.28. The molecule has 0 N–H and O–H groups in total. The summed E-state index contributed by atoms with van der Waals surface area (Å²) >= 11 is 0. The van der Waals surface area contributed by atoms with Gasteiger partial charge in [-0.25, -0.2) is 0 Å². The summed E-state index contributed by atoms with van der Waals surface area (Å²) in [5.41, 5.74) is 1.24. The number of ether oxygens (including phenoxy) is 2. The summed E-state index contributed by atoms with van der Waals surface area (Å²) in [4.78, 5) is 14.0. The van der Waals surface area contributed by atoms with Crippen molar-refractivity contribution < 1.29 is 14.3 Å². The number of hydrogen-bond acceptors (Lipinski definition) is 4. The van der Waals surface area contributed by atoms with Crippen molar-refractivity contribution in [3.8, 4) is 11.5 Å². The molecule has 0 amide bonds. The van der Waals surface area contributed by atoms with Crippen molar-refractivity contribution in [1.82, 2.24) is 4.90 Å². The molecule has 0 aromatic heterocycles. The van der Waals surface area contributed by atoms with Gasteiger partial charge in [0.15, 0.2) is 11.5 Å². The largest absolute Gasteiger partial charge is 0.493 e. The van der Waals surface area contributed by atoms with Gasteiger partial charge in [-0.2, -0.15) is 0 Å². The summed E-state index contributed by atoms with van der Waals surface area (Å²) in [6.45, 7) is 3.80. The van der Waals surface area contributed by atoms with E-state index in [1.54, 1.807) is 21.1 Å². The number of Topliss-reactive ketones (excluding diaryl/α,β-unsaturated/α-hetero) is 1. The summed E-state index contributed by atoms with van der Waals surface area (Å²) < 4.78 is 10.7. The van der Waals surface area contributed by atoms with E-state index < -0.39 is 0 Å². The molecule has 1 fully saturated rings. The Morgan fingerprint density at radius 3 is 2.65 bits per heavy atom. The number of carbonyl (C=O) groups excluding carboxylic acids is 1. The van der Waals surface area contributed by atoms with Gasteiger partial charge >= 0.3 is 0 Å². The minimum absolute atomic E-state index is 0.299. The Bertz CT molecular complexity index is 515. The van der Waals surface area contributed by atoms with Crippen molar-refractivity contribution in [1.29, 1.82) is 0 Å². The minimum Gasteiger partial charge on any atom is -0.493 e. The van der Waals surface area contributed by atoms with Gasteiger partial charge in [-0.15, -0.1) is 0 Å². The molecule has 1 aliphatic heterocycles. The summed E-state index contributed by atoms with van der Waals surface area (Å²) in [5.74, 6) is 1.84. The molecular formula is C19H29NO3. The van der Waals surface area contributed by atoms with Gasteiger partial charge < -0.3 is 9.47 Å². The van der Waals surface area contributed by atoms with Crippen LogP contribution in [-0.2, 0) is 11.2 Å². The van der Waals surface area contributed by atoms with Crippen LogP contribution in [0.15, 0.2) is 18.2 Å². The number of likely N-dealkylation sites (tertiary alicyclic amines) is 1. The third kappa shape index (κ3) is 5.24. The maximum absolute atomic E-state index is 11.5. The lowest BCUT2D eigenvalue weighted by atomic mass is 10.0. The highest BCUT2D eigenvalue weighted by molar-refractivity contribution is 5.76. The summed E-state index contributed by atoms with van der Waals surface area (Å²) in [6, 6.07) is 6.52. The van der Waals surface area contributed by atoms with Gasteiger partial charge in [0.25, 0.3) is 0 Å². The SMILES string of the molecule is COc1ccc(CCN2CCCCCC2CC(C)=O)cc1OC. The third-order valence-electron chi connectivity index (χ3n) is 4.66. The lowest BCUT2D eigenvalue weighted by Gasteiger charge is -2.29. The monoisotopic (exact) mass is 319 g/mol. The van der Waals surface area contributed by atoms with Gasteiger partial charge in [-0.1, -0.05) is 18.9 Å². The molecule has 0 bridgehead atoms. The Balaban J connectivity index is 2.00. The maximum Gasteiger partial charge on any atom is 0.160 e. The third-order valence-corrected chi connectivity index (χ3v) is 4.66. The van der Waals surface area contributed by atoms with Crippen molar-refractivity contribution in [3.05, 3.63) is 23.8 Å². The van der Waals surface area contributed by atoms with E-state index in [9.17, 15) is 4.79 Å². The van der Waals surface area contributed by atoms with Crippen molar-refractivity contribution in [2.24, 2.45) is 0 Å². The standard InChI is InChI=1S/C19H29NO3/c1-15(21)13-17-7-5-4-6-11-20(17)12-10-16-8-9-18(22-2)19(14-16)23-3/h8-9,14,17H,4-7,10-13H2,1-3H3. The second kappa shape index (κ2) is 8.92. The lowest BCUT2D eigenvalue weighted by molar-refractivity contribution is -0.118. The second-order valence-electron chi connectivity index (χ2n) is 6.38. The normalized spacial score (nSPS) is 19.2. The molecule has 1 aliphatic rings. The predicted molar refractivity (Wildman–Crippen MR) is 92.4 cm³/mol. The van der Waals surface area contributed by atoms with Crippen LogP contribution in [0.25, 0.3) is 0 Å². The van der Waals surface area contributed by atoms with E-state index in [1.165, 1.54) is 24.8 Å². The predicted octanol–water partition coefficient (Wildman–Crippen LogP) is 3.47. The zero-order valence-electron chi connectivity index (χ0n) is 14.6. The Hall–Kier alpha value is -1.55. The van der Waals surface area contributed by atoms with Crippen LogP contribution < -0.4 is 9.47 Å². The fourth-order valence-corrected chi connectivity index (χ4v) is 3.40. The zero-order valence-corrected chi connectivity index (χ0v) is 14.6. The number of nitrogens with zero attached hydrogens (tertiary/aromatic N) is 1. The first-order valence-corrected chi connectivity index (χ1v) is 8.58. The molecule has 0 saturated carbocycles. The van der Waals surface area contributed by atoms with Gasteiger partial charge in [-0.05, 0) is 50.4 Å². The number of methoxy groups -OCH3 is 2. The van der Waals surface area contributed by atoms with Crippen LogP contribution in [-0.4, -0.2) is 44.0 Å². The minimum atomic E-state index is 0.299. The van der Waals surface area contributed by atoms with E-state index in [1.807, 2.05) is 6.07 Å². The molecule has 1 unspecified atom stereocenters. The molecule has 1 saturated heterocycles. The molecular weight excluding hydrogens is 290 g/mol. The average Bonchev–Trinajstić information content (AvgIpc) is 2.77. The first-order valence-electron chi connectivity index (χ1n) is 8.58. The lowest BCUT2D eigenvalue weighted by Crippen LogP contribution is -2.37. The number of hydrogen-bond donors (Lipinski definition) is 0. The van der Waals surface area contributed by atoms with Crippen LogP contribution >= 0.6 is 0 Å². The van der Waals surface area contributed by atoms with Crippen LogP contribution in [0.4, 0.5) is 0 Å². The Labute approximate surface area is 139 Å². The Morgan fingerprint density at radius 2 is 1.96 bits per heavy atom. The molecule has 4 heteroatoms. The average molecular weight is 319 g/mol. The number of rotatable bonds is 7. The van der Waals surface area contributed by atoms with Crippen LogP contribution in [0.3, 0.4) is 0 Å². The number of ketones is 1. The molecule has 4 nitrogen and oxygen atoms in total. The zero-order chi connectivity index (χ0) is 16.7. The number of carbonyl (C=O) groups is 1. The molecule has 2 rings (SSSR count). The summed E-state index contributed by atoms with van der Waals surface area (Å²) in [7, 11) is 3.32. The van der Waals surface area contributed by atoms with Crippen LogP contribution in [0.1, 0.15) is 44.6 Å². The maximum atomic E-state index is 11.5. The van der Waals surface area contributed by atoms with Gasteiger partial charge in [0.2, 0.25) is 0 Å². The number of benzene rings is 1. The summed E-state index contributed by atoms with van der Waals surface area (Å²) in [6.07, 6.45) is 6.55. The van der Waals surface area contributed by atoms with E-state index in [2.05, 4.69) is 17.0 Å². The second-order valence-corrected chi connectivity index (χ2v) is 6.38. The summed E-state index contributed by atoms with van der Waals surface area (Å²) in [5, 5.41) is 0. The van der Waals surface area contributed by atoms with Gasteiger partial charge in [0, 0.05) is 19.0 Å². The molecule has 1 heterocycles. The van der Waals surface area contributed by atoms with Gasteiger partial charge in [0.05, 0.1) is 14.2 Å². The van der Waals surface area contributed by atoms with Crippen LogP contribution in [0.5, 0.6) is 11.5 Å². The van der Waals surface area contributed by atoms with Crippen LogP contribution in [0, 0.1) is 0 Å². The highest BCUT2D eigenvalue weighted by Gasteiger charge is 2.22. The highest BCUT2D eigenvalue weighted by atomic mass is 16.5. The molecule has 0 spiro atoms. The van der Waals surface area contributed by atoms with E-state index in [-0.39, 0.29) is 0 Å². The van der Waals surface area contributed by atoms with E-state index in [0.717, 1.165) is 37.4 Å². The van der Waals surface area contributed by atoms with Crippen molar-refractivity contribution in [2.75, 3.05) is 27.3 Å².